The second-order valence-electron chi connectivity index (χ2n) is 3.12. The molecule has 0 aliphatic heterocycles. The number of allylic oxidation sites excluding steroid dienone is 1. The largest absolute Gasteiger partial charge is 0.427 e. The molecule has 0 saturated heterocycles. The minimum Gasteiger partial charge on any atom is -0.427 e. The summed E-state index contributed by atoms with van der Waals surface area (Å²) in [6.45, 7) is 5.51. The van der Waals surface area contributed by atoms with Crippen molar-refractivity contribution in [2.75, 3.05) is 0 Å². The molecule has 0 unspecified atom stereocenters. The number of benzene rings is 1. The SMILES string of the molecule is C=CCCC(=O)Oc1cccc(C)c1. The van der Waals surface area contributed by atoms with Gasteiger partial charge in [0, 0.05) is 6.42 Å². The van der Waals surface area contributed by atoms with Crippen LogP contribution in [0.1, 0.15) is 18.4 Å². The third-order valence-electron chi connectivity index (χ3n) is 1.77. The standard InChI is InChI=1S/C12H14O2/c1-3-4-8-12(13)14-11-7-5-6-10(2)9-11/h3,5-7,9H,1,4,8H2,2H3. The van der Waals surface area contributed by atoms with E-state index in [9.17, 15) is 4.79 Å². The third kappa shape index (κ3) is 3.44. The van der Waals surface area contributed by atoms with Gasteiger partial charge in [-0.15, -0.1) is 6.58 Å². The predicted octanol–water partition coefficient (Wildman–Crippen LogP) is 2.87. The zero-order valence-corrected chi connectivity index (χ0v) is 8.32. The van der Waals surface area contributed by atoms with Crippen molar-refractivity contribution in [2.24, 2.45) is 0 Å². The normalized spacial score (nSPS) is 9.50. The fourth-order valence-electron chi connectivity index (χ4n) is 1.08. The summed E-state index contributed by atoms with van der Waals surface area (Å²) in [5.41, 5.74) is 1.08. The molecule has 0 spiro atoms. The van der Waals surface area contributed by atoms with Gasteiger partial charge in [-0.25, -0.2) is 0 Å². The highest BCUT2D eigenvalue weighted by Gasteiger charge is 2.02. The van der Waals surface area contributed by atoms with Crippen molar-refractivity contribution in [3.05, 3.63) is 42.5 Å². The Labute approximate surface area is 84.2 Å². The lowest BCUT2D eigenvalue weighted by molar-refractivity contribution is -0.134. The number of carbonyl (C=O) groups excluding carboxylic acids is 1. The average molecular weight is 190 g/mol. The summed E-state index contributed by atoms with van der Waals surface area (Å²) >= 11 is 0. The van der Waals surface area contributed by atoms with Gasteiger partial charge in [0.1, 0.15) is 5.75 Å². The maximum absolute atomic E-state index is 11.2. The molecule has 2 nitrogen and oxygen atoms in total. The summed E-state index contributed by atoms with van der Waals surface area (Å²) in [5, 5.41) is 0. The van der Waals surface area contributed by atoms with E-state index in [2.05, 4.69) is 6.58 Å². The molecule has 74 valence electrons. The van der Waals surface area contributed by atoms with Gasteiger partial charge in [0.05, 0.1) is 0 Å². The maximum Gasteiger partial charge on any atom is 0.311 e. The molecule has 0 fully saturated rings. The zero-order valence-electron chi connectivity index (χ0n) is 8.32. The van der Waals surface area contributed by atoms with E-state index in [1.54, 1.807) is 12.1 Å². The Morgan fingerprint density at radius 3 is 3.00 bits per heavy atom. The molecule has 1 aromatic rings. The fourth-order valence-corrected chi connectivity index (χ4v) is 1.08. The van der Waals surface area contributed by atoms with E-state index in [1.807, 2.05) is 25.1 Å². The van der Waals surface area contributed by atoms with E-state index in [-0.39, 0.29) is 5.97 Å². The van der Waals surface area contributed by atoms with Gasteiger partial charge in [0.2, 0.25) is 0 Å². The van der Waals surface area contributed by atoms with Gasteiger partial charge in [0.25, 0.3) is 0 Å². The molecule has 0 aliphatic rings. The van der Waals surface area contributed by atoms with Crippen molar-refractivity contribution >= 4 is 5.97 Å². The second kappa shape index (κ2) is 5.22. The Hall–Kier alpha value is -1.57. The minimum absolute atomic E-state index is 0.212. The third-order valence-corrected chi connectivity index (χ3v) is 1.77. The van der Waals surface area contributed by atoms with Gasteiger partial charge < -0.3 is 4.74 Å². The Balaban J connectivity index is 2.51. The van der Waals surface area contributed by atoms with Crippen molar-refractivity contribution in [3.63, 3.8) is 0 Å². The first-order valence-electron chi connectivity index (χ1n) is 4.60. The fraction of sp³-hybridized carbons (Fsp3) is 0.250. The van der Waals surface area contributed by atoms with Gasteiger partial charge in [-0.3, -0.25) is 4.79 Å². The first-order chi connectivity index (χ1) is 6.72. The zero-order chi connectivity index (χ0) is 10.4. The van der Waals surface area contributed by atoms with Crippen LogP contribution >= 0.6 is 0 Å². The van der Waals surface area contributed by atoms with Crippen LogP contribution in [-0.2, 0) is 4.79 Å². The van der Waals surface area contributed by atoms with Crippen LogP contribution in [0.3, 0.4) is 0 Å². The average Bonchev–Trinajstić information content (AvgIpc) is 2.15. The molecular weight excluding hydrogens is 176 g/mol. The number of ether oxygens (including phenoxy) is 1. The number of hydrogen-bond donors (Lipinski definition) is 0. The van der Waals surface area contributed by atoms with E-state index < -0.39 is 0 Å². The van der Waals surface area contributed by atoms with Crippen LogP contribution in [0.25, 0.3) is 0 Å². The lowest BCUT2D eigenvalue weighted by Gasteiger charge is -2.03. The highest BCUT2D eigenvalue weighted by molar-refractivity contribution is 5.72. The molecule has 0 aromatic heterocycles. The number of hydrogen-bond acceptors (Lipinski definition) is 2. The summed E-state index contributed by atoms with van der Waals surface area (Å²) < 4.78 is 5.11. The number of carbonyl (C=O) groups is 1. The highest BCUT2D eigenvalue weighted by Crippen LogP contribution is 2.13. The second-order valence-corrected chi connectivity index (χ2v) is 3.12. The van der Waals surface area contributed by atoms with E-state index in [1.165, 1.54) is 0 Å². The molecule has 14 heavy (non-hydrogen) atoms. The molecule has 0 saturated carbocycles. The van der Waals surface area contributed by atoms with Gasteiger partial charge in [-0.1, -0.05) is 18.2 Å². The summed E-state index contributed by atoms with van der Waals surface area (Å²) in [6.07, 6.45) is 2.75. The van der Waals surface area contributed by atoms with Gasteiger partial charge >= 0.3 is 5.97 Å². The predicted molar refractivity (Wildman–Crippen MR) is 56.2 cm³/mol. The lowest BCUT2D eigenvalue weighted by Crippen LogP contribution is -2.06. The van der Waals surface area contributed by atoms with Crippen LogP contribution in [-0.4, -0.2) is 5.97 Å². The molecule has 0 bridgehead atoms. The van der Waals surface area contributed by atoms with Gasteiger partial charge in [0.15, 0.2) is 0 Å². The van der Waals surface area contributed by atoms with Crippen LogP contribution < -0.4 is 4.74 Å². The topological polar surface area (TPSA) is 26.3 Å². The van der Waals surface area contributed by atoms with E-state index in [0.29, 0.717) is 18.6 Å². The first kappa shape index (κ1) is 10.5. The highest BCUT2D eigenvalue weighted by atomic mass is 16.5. The van der Waals surface area contributed by atoms with Crippen molar-refractivity contribution < 1.29 is 9.53 Å². The minimum atomic E-state index is -0.212. The van der Waals surface area contributed by atoms with Crippen molar-refractivity contribution in [1.82, 2.24) is 0 Å². The molecule has 0 N–H and O–H groups in total. The number of aryl methyl sites for hydroxylation is 1. The molecule has 0 radical (unpaired) electrons. The van der Waals surface area contributed by atoms with Crippen LogP contribution in [0.5, 0.6) is 5.75 Å². The molecule has 0 atom stereocenters. The maximum atomic E-state index is 11.2. The van der Waals surface area contributed by atoms with Gasteiger partial charge in [-0.2, -0.15) is 0 Å². The summed E-state index contributed by atoms with van der Waals surface area (Å²) in [4.78, 5) is 11.2. The van der Waals surface area contributed by atoms with Crippen LogP contribution in [0.4, 0.5) is 0 Å². The Bertz CT molecular complexity index is 329. The Morgan fingerprint density at radius 1 is 1.57 bits per heavy atom. The van der Waals surface area contributed by atoms with Crippen LogP contribution in [0, 0.1) is 6.92 Å². The van der Waals surface area contributed by atoms with Crippen molar-refractivity contribution in [1.29, 1.82) is 0 Å². The Kier molecular flexibility index (Phi) is 3.92. The quantitative estimate of drug-likeness (QED) is 0.414. The summed E-state index contributed by atoms with van der Waals surface area (Å²) in [5.74, 6) is 0.398. The summed E-state index contributed by atoms with van der Waals surface area (Å²) in [7, 11) is 0. The van der Waals surface area contributed by atoms with Crippen molar-refractivity contribution in [3.8, 4) is 5.75 Å². The lowest BCUT2D eigenvalue weighted by atomic mass is 10.2. The first-order valence-corrected chi connectivity index (χ1v) is 4.60. The van der Waals surface area contributed by atoms with E-state index in [0.717, 1.165) is 5.56 Å². The molecule has 1 rings (SSSR count). The molecule has 1 aromatic carbocycles. The smallest absolute Gasteiger partial charge is 0.311 e. The van der Waals surface area contributed by atoms with E-state index >= 15 is 0 Å². The van der Waals surface area contributed by atoms with Crippen LogP contribution in [0.15, 0.2) is 36.9 Å². The number of rotatable bonds is 4. The van der Waals surface area contributed by atoms with Gasteiger partial charge in [-0.05, 0) is 31.0 Å². The van der Waals surface area contributed by atoms with Crippen molar-refractivity contribution in [2.45, 2.75) is 19.8 Å². The van der Waals surface area contributed by atoms with Crippen LogP contribution in [0.2, 0.25) is 0 Å². The Morgan fingerprint density at radius 2 is 2.36 bits per heavy atom. The van der Waals surface area contributed by atoms with E-state index in [4.69, 9.17) is 4.74 Å². The molecule has 0 aliphatic carbocycles. The molecule has 0 heterocycles. The molecule has 0 amide bonds. The molecular formula is C12H14O2. The number of esters is 1. The monoisotopic (exact) mass is 190 g/mol. The molecule has 2 heteroatoms. The summed E-state index contributed by atoms with van der Waals surface area (Å²) in [6, 6.07) is 7.44.